The maximum absolute atomic E-state index is 12.5. The van der Waals surface area contributed by atoms with E-state index in [1.807, 2.05) is 24.3 Å². The SMILES string of the molecule is CC1C(=O)Nc2ccccc2CN1C(=O)c1ccoc1. The summed E-state index contributed by atoms with van der Waals surface area (Å²) < 4.78 is 4.94. The number of hydrogen-bond donors (Lipinski definition) is 1. The molecular formula is C15H14N2O3. The zero-order chi connectivity index (χ0) is 14.1. The molecule has 2 heterocycles. The van der Waals surface area contributed by atoms with Gasteiger partial charge in [-0.2, -0.15) is 0 Å². The molecule has 0 saturated carbocycles. The number of para-hydroxylation sites is 1. The van der Waals surface area contributed by atoms with Crippen molar-refractivity contribution in [3.8, 4) is 0 Å². The van der Waals surface area contributed by atoms with Crippen LogP contribution in [0.25, 0.3) is 0 Å². The van der Waals surface area contributed by atoms with Crippen molar-refractivity contribution in [3.63, 3.8) is 0 Å². The predicted molar refractivity (Wildman–Crippen MR) is 73.1 cm³/mol. The van der Waals surface area contributed by atoms with Crippen LogP contribution in [0.4, 0.5) is 5.69 Å². The number of rotatable bonds is 1. The van der Waals surface area contributed by atoms with Crippen molar-refractivity contribution in [1.82, 2.24) is 4.90 Å². The van der Waals surface area contributed by atoms with E-state index in [4.69, 9.17) is 4.42 Å². The summed E-state index contributed by atoms with van der Waals surface area (Å²) in [5.41, 5.74) is 2.12. The van der Waals surface area contributed by atoms with Gasteiger partial charge in [0, 0.05) is 12.2 Å². The van der Waals surface area contributed by atoms with E-state index >= 15 is 0 Å². The number of nitrogens with one attached hydrogen (secondary N) is 1. The molecule has 5 heteroatoms. The standard InChI is InChI=1S/C15H14N2O3/c1-10-14(18)16-13-5-3-2-4-11(13)8-17(10)15(19)12-6-7-20-9-12/h2-7,9-10H,8H2,1H3,(H,16,18). The minimum absolute atomic E-state index is 0.188. The fraction of sp³-hybridized carbons (Fsp3) is 0.200. The van der Waals surface area contributed by atoms with Crippen LogP contribution in [0.1, 0.15) is 22.8 Å². The molecule has 2 aromatic rings. The number of amides is 2. The Bertz CT molecular complexity index is 649. The molecule has 20 heavy (non-hydrogen) atoms. The Kier molecular flexibility index (Phi) is 3.02. The Morgan fingerprint density at radius 2 is 2.15 bits per heavy atom. The molecule has 5 nitrogen and oxygen atoms in total. The fourth-order valence-electron chi connectivity index (χ4n) is 2.28. The van der Waals surface area contributed by atoms with Crippen LogP contribution in [0.15, 0.2) is 47.3 Å². The minimum Gasteiger partial charge on any atom is -0.472 e. The summed E-state index contributed by atoms with van der Waals surface area (Å²) in [5, 5.41) is 2.85. The third kappa shape index (κ3) is 2.07. The molecule has 0 bridgehead atoms. The average Bonchev–Trinajstić information content (AvgIpc) is 2.95. The van der Waals surface area contributed by atoms with E-state index in [0.717, 1.165) is 11.3 Å². The molecule has 1 aliphatic rings. The van der Waals surface area contributed by atoms with Crippen molar-refractivity contribution < 1.29 is 14.0 Å². The molecule has 1 N–H and O–H groups in total. The zero-order valence-corrected chi connectivity index (χ0v) is 11.0. The summed E-state index contributed by atoms with van der Waals surface area (Å²) in [6.45, 7) is 2.11. The number of nitrogens with zero attached hydrogens (tertiary/aromatic N) is 1. The van der Waals surface area contributed by atoms with Crippen LogP contribution < -0.4 is 5.32 Å². The van der Waals surface area contributed by atoms with E-state index < -0.39 is 6.04 Å². The zero-order valence-electron chi connectivity index (χ0n) is 11.0. The van der Waals surface area contributed by atoms with Gasteiger partial charge in [0.1, 0.15) is 12.3 Å². The van der Waals surface area contributed by atoms with Gasteiger partial charge in [-0.1, -0.05) is 18.2 Å². The molecule has 1 aliphatic heterocycles. The van der Waals surface area contributed by atoms with Crippen LogP contribution in [0.3, 0.4) is 0 Å². The van der Waals surface area contributed by atoms with Crippen molar-refractivity contribution >= 4 is 17.5 Å². The number of fused-ring (bicyclic) bond motifs is 1. The highest BCUT2D eigenvalue weighted by Gasteiger charge is 2.30. The highest BCUT2D eigenvalue weighted by molar-refractivity contribution is 6.02. The van der Waals surface area contributed by atoms with Crippen LogP contribution in [0.2, 0.25) is 0 Å². The summed E-state index contributed by atoms with van der Waals surface area (Å²) in [7, 11) is 0. The lowest BCUT2D eigenvalue weighted by atomic mass is 10.1. The molecule has 0 radical (unpaired) electrons. The largest absolute Gasteiger partial charge is 0.472 e. The molecule has 2 amide bonds. The normalized spacial score (nSPS) is 18.1. The maximum Gasteiger partial charge on any atom is 0.258 e. The Hall–Kier alpha value is -2.56. The second-order valence-corrected chi connectivity index (χ2v) is 4.77. The van der Waals surface area contributed by atoms with Crippen LogP contribution >= 0.6 is 0 Å². The molecule has 1 atom stereocenters. The van der Waals surface area contributed by atoms with Gasteiger partial charge in [-0.05, 0) is 24.6 Å². The maximum atomic E-state index is 12.5. The second kappa shape index (κ2) is 4.85. The lowest BCUT2D eigenvalue weighted by Crippen LogP contribution is -2.43. The first kappa shape index (κ1) is 12.5. The predicted octanol–water partition coefficient (Wildman–Crippen LogP) is 2.26. The van der Waals surface area contributed by atoms with E-state index in [1.54, 1.807) is 17.9 Å². The lowest BCUT2D eigenvalue weighted by Gasteiger charge is -2.25. The van der Waals surface area contributed by atoms with E-state index in [9.17, 15) is 9.59 Å². The van der Waals surface area contributed by atoms with Gasteiger partial charge in [0.25, 0.3) is 5.91 Å². The highest BCUT2D eigenvalue weighted by Crippen LogP contribution is 2.24. The van der Waals surface area contributed by atoms with Gasteiger partial charge >= 0.3 is 0 Å². The Balaban J connectivity index is 1.98. The lowest BCUT2D eigenvalue weighted by molar-refractivity contribution is -0.119. The van der Waals surface area contributed by atoms with Crippen LogP contribution in [0.5, 0.6) is 0 Å². The monoisotopic (exact) mass is 270 g/mol. The molecule has 0 aliphatic carbocycles. The molecule has 0 fully saturated rings. The summed E-state index contributed by atoms with van der Waals surface area (Å²) in [6.07, 6.45) is 2.84. The summed E-state index contributed by atoms with van der Waals surface area (Å²) in [6, 6.07) is 8.56. The van der Waals surface area contributed by atoms with E-state index in [0.29, 0.717) is 12.1 Å². The molecule has 3 rings (SSSR count). The first-order valence-corrected chi connectivity index (χ1v) is 6.39. The smallest absolute Gasteiger partial charge is 0.258 e. The molecule has 0 saturated heterocycles. The molecular weight excluding hydrogens is 256 g/mol. The Morgan fingerprint density at radius 1 is 1.35 bits per heavy atom. The Morgan fingerprint density at radius 3 is 2.90 bits per heavy atom. The molecule has 102 valence electrons. The highest BCUT2D eigenvalue weighted by atomic mass is 16.3. The van der Waals surface area contributed by atoms with Gasteiger partial charge < -0.3 is 14.6 Å². The van der Waals surface area contributed by atoms with Gasteiger partial charge in [0.05, 0.1) is 11.8 Å². The van der Waals surface area contributed by atoms with Crippen molar-refractivity contribution in [2.45, 2.75) is 19.5 Å². The molecule has 1 unspecified atom stereocenters. The van der Waals surface area contributed by atoms with Crippen molar-refractivity contribution in [1.29, 1.82) is 0 Å². The fourth-order valence-corrected chi connectivity index (χ4v) is 2.28. The topological polar surface area (TPSA) is 62.6 Å². The first-order chi connectivity index (χ1) is 9.66. The summed E-state index contributed by atoms with van der Waals surface area (Å²) >= 11 is 0. The van der Waals surface area contributed by atoms with Crippen LogP contribution in [0, 0.1) is 0 Å². The quantitative estimate of drug-likeness (QED) is 0.864. The third-order valence-corrected chi connectivity index (χ3v) is 3.49. The van der Waals surface area contributed by atoms with Crippen LogP contribution in [-0.4, -0.2) is 22.8 Å². The van der Waals surface area contributed by atoms with E-state index in [-0.39, 0.29) is 11.8 Å². The van der Waals surface area contributed by atoms with Crippen LogP contribution in [-0.2, 0) is 11.3 Å². The average molecular weight is 270 g/mol. The number of furan rings is 1. The number of carbonyl (C=O) groups is 2. The van der Waals surface area contributed by atoms with Gasteiger partial charge in [0.2, 0.25) is 5.91 Å². The van der Waals surface area contributed by atoms with Gasteiger partial charge in [-0.15, -0.1) is 0 Å². The second-order valence-electron chi connectivity index (χ2n) is 4.77. The van der Waals surface area contributed by atoms with Crippen molar-refractivity contribution in [2.75, 3.05) is 5.32 Å². The van der Waals surface area contributed by atoms with Gasteiger partial charge in [-0.3, -0.25) is 9.59 Å². The number of hydrogen-bond acceptors (Lipinski definition) is 3. The molecule has 1 aromatic heterocycles. The van der Waals surface area contributed by atoms with Crippen molar-refractivity contribution in [3.05, 3.63) is 54.0 Å². The third-order valence-electron chi connectivity index (χ3n) is 3.49. The Labute approximate surface area is 116 Å². The van der Waals surface area contributed by atoms with E-state index in [2.05, 4.69) is 5.32 Å². The number of anilines is 1. The van der Waals surface area contributed by atoms with Crippen molar-refractivity contribution in [2.24, 2.45) is 0 Å². The van der Waals surface area contributed by atoms with Gasteiger partial charge in [0.15, 0.2) is 0 Å². The van der Waals surface area contributed by atoms with E-state index in [1.165, 1.54) is 12.5 Å². The minimum atomic E-state index is -0.537. The molecule has 0 spiro atoms. The summed E-state index contributed by atoms with van der Waals surface area (Å²) in [4.78, 5) is 26.1. The first-order valence-electron chi connectivity index (χ1n) is 6.39. The van der Waals surface area contributed by atoms with Gasteiger partial charge in [-0.25, -0.2) is 0 Å². The molecule has 1 aromatic carbocycles. The summed E-state index contributed by atoms with van der Waals surface area (Å²) in [5.74, 6) is -0.398. The number of benzene rings is 1. The number of carbonyl (C=O) groups excluding carboxylic acids is 2.